The number of aryl methyl sites for hydroxylation is 1. The predicted octanol–water partition coefficient (Wildman–Crippen LogP) is 4.79. The molecule has 0 heterocycles. The van der Waals surface area contributed by atoms with E-state index < -0.39 is 17.5 Å². The van der Waals surface area contributed by atoms with E-state index in [9.17, 15) is 18.4 Å². The summed E-state index contributed by atoms with van der Waals surface area (Å²) in [6, 6.07) is 7.68. The first-order chi connectivity index (χ1) is 12.8. The number of rotatable bonds is 7. The Bertz CT molecular complexity index is 811. The lowest BCUT2D eigenvalue weighted by atomic mass is 10.0. The summed E-state index contributed by atoms with van der Waals surface area (Å²) in [5, 5.41) is 2.47. The lowest BCUT2D eigenvalue weighted by Crippen LogP contribution is -2.32. The highest BCUT2D eigenvalue weighted by Crippen LogP contribution is 2.17. The van der Waals surface area contributed by atoms with Gasteiger partial charge in [0.2, 0.25) is 0 Å². The Morgan fingerprint density at radius 1 is 0.889 bits per heavy atom. The van der Waals surface area contributed by atoms with Gasteiger partial charge in [0, 0.05) is 36.0 Å². The minimum atomic E-state index is -0.778. The molecule has 144 valence electrons. The minimum absolute atomic E-state index is 0.0190. The fourth-order valence-corrected chi connectivity index (χ4v) is 2.90. The smallest absolute Gasteiger partial charge is 0.255 e. The fourth-order valence-electron chi connectivity index (χ4n) is 2.90. The van der Waals surface area contributed by atoms with Gasteiger partial charge in [0.25, 0.3) is 11.8 Å². The largest absolute Gasteiger partial charge is 0.339 e. The van der Waals surface area contributed by atoms with Gasteiger partial charge in [-0.05, 0) is 55.7 Å². The van der Waals surface area contributed by atoms with Crippen LogP contribution >= 0.6 is 0 Å². The van der Waals surface area contributed by atoms with Crippen LogP contribution in [0, 0.1) is 18.6 Å². The molecule has 2 aromatic carbocycles. The molecule has 2 amide bonds. The SMILES string of the molecule is CCCN(CCC)C(=O)c1cc(C)cc(C(=O)Nc2cc(F)cc(F)c2)c1. The lowest BCUT2D eigenvalue weighted by molar-refractivity contribution is 0.0755. The Hall–Kier alpha value is -2.76. The normalized spacial score (nSPS) is 10.6. The number of benzene rings is 2. The van der Waals surface area contributed by atoms with Gasteiger partial charge in [-0.15, -0.1) is 0 Å². The Morgan fingerprint density at radius 2 is 1.44 bits per heavy atom. The van der Waals surface area contributed by atoms with Crippen molar-refractivity contribution in [1.29, 1.82) is 0 Å². The number of halogens is 2. The van der Waals surface area contributed by atoms with Crippen LogP contribution in [0.15, 0.2) is 36.4 Å². The van der Waals surface area contributed by atoms with Crippen LogP contribution in [0.2, 0.25) is 0 Å². The van der Waals surface area contributed by atoms with Crippen molar-refractivity contribution in [3.8, 4) is 0 Å². The van der Waals surface area contributed by atoms with Crippen LogP contribution in [-0.2, 0) is 0 Å². The van der Waals surface area contributed by atoms with Crippen molar-refractivity contribution >= 4 is 17.5 Å². The molecule has 0 atom stereocenters. The average Bonchev–Trinajstić information content (AvgIpc) is 2.59. The number of carbonyl (C=O) groups is 2. The Balaban J connectivity index is 2.27. The number of hydrogen-bond donors (Lipinski definition) is 1. The summed E-state index contributed by atoms with van der Waals surface area (Å²) < 4.78 is 26.6. The zero-order valence-electron chi connectivity index (χ0n) is 15.8. The quantitative estimate of drug-likeness (QED) is 0.758. The summed E-state index contributed by atoms with van der Waals surface area (Å²) in [5.41, 5.74) is 1.46. The summed E-state index contributed by atoms with van der Waals surface area (Å²) in [6.07, 6.45) is 1.69. The number of nitrogens with one attached hydrogen (secondary N) is 1. The Morgan fingerprint density at radius 3 is 2.00 bits per heavy atom. The van der Waals surface area contributed by atoms with Crippen LogP contribution in [0.4, 0.5) is 14.5 Å². The van der Waals surface area contributed by atoms with Crippen LogP contribution in [0.3, 0.4) is 0 Å². The molecule has 0 bridgehead atoms. The summed E-state index contributed by atoms with van der Waals surface area (Å²) >= 11 is 0. The van der Waals surface area contributed by atoms with E-state index in [2.05, 4.69) is 5.32 Å². The molecular weight excluding hydrogens is 350 g/mol. The maximum Gasteiger partial charge on any atom is 0.255 e. The van der Waals surface area contributed by atoms with Crippen LogP contribution in [0.5, 0.6) is 0 Å². The molecule has 6 heteroatoms. The monoisotopic (exact) mass is 374 g/mol. The zero-order valence-corrected chi connectivity index (χ0v) is 15.8. The molecule has 1 N–H and O–H groups in total. The van der Waals surface area contributed by atoms with Crippen LogP contribution in [0.25, 0.3) is 0 Å². The van der Waals surface area contributed by atoms with Gasteiger partial charge in [-0.25, -0.2) is 8.78 Å². The van der Waals surface area contributed by atoms with Gasteiger partial charge in [-0.2, -0.15) is 0 Å². The highest BCUT2D eigenvalue weighted by molar-refractivity contribution is 6.06. The van der Waals surface area contributed by atoms with Crippen molar-refractivity contribution < 1.29 is 18.4 Å². The van der Waals surface area contributed by atoms with Crippen molar-refractivity contribution in [2.45, 2.75) is 33.6 Å². The number of hydrogen-bond acceptors (Lipinski definition) is 2. The van der Waals surface area contributed by atoms with Crippen molar-refractivity contribution in [1.82, 2.24) is 4.90 Å². The second-order valence-corrected chi connectivity index (χ2v) is 6.49. The highest BCUT2D eigenvalue weighted by Gasteiger charge is 2.17. The molecule has 2 rings (SSSR count). The van der Waals surface area contributed by atoms with Crippen molar-refractivity contribution in [2.24, 2.45) is 0 Å². The topological polar surface area (TPSA) is 49.4 Å². The first-order valence-electron chi connectivity index (χ1n) is 9.02. The molecular formula is C21H24F2N2O2. The van der Waals surface area contributed by atoms with Gasteiger partial charge in [0.15, 0.2) is 0 Å². The van der Waals surface area contributed by atoms with Gasteiger partial charge in [0.05, 0.1) is 0 Å². The Labute approximate surface area is 158 Å². The Kier molecular flexibility index (Phi) is 7.05. The minimum Gasteiger partial charge on any atom is -0.339 e. The molecule has 0 saturated carbocycles. The first kappa shape index (κ1) is 20.6. The standard InChI is InChI=1S/C21H24F2N2O2/c1-4-6-25(7-5-2)21(27)16-9-14(3)8-15(10-16)20(26)24-19-12-17(22)11-18(23)13-19/h8-13H,4-7H2,1-3H3,(H,24,26). The fraction of sp³-hybridized carbons (Fsp3) is 0.333. The predicted molar refractivity (Wildman–Crippen MR) is 102 cm³/mol. The third-order valence-corrected chi connectivity index (χ3v) is 3.98. The molecule has 0 aliphatic carbocycles. The highest BCUT2D eigenvalue weighted by atomic mass is 19.1. The molecule has 2 aromatic rings. The van der Waals surface area contributed by atoms with Crippen molar-refractivity contribution in [3.63, 3.8) is 0 Å². The molecule has 0 saturated heterocycles. The third-order valence-electron chi connectivity index (χ3n) is 3.98. The molecule has 0 fully saturated rings. The lowest BCUT2D eigenvalue weighted by Gasteiger charge is -2.22. The second-order valence-electron chi connectivity index (χ2n) is 6.49. The number of nitrogens with zero attached hydrogens (tertiary/aromatic N) is 1. The number of amides is 2. The molecule has 4 nitrogen and oxygen atoms in total. The van der Waals surface area contributed by atoms with E-state index in [1.54, 1.807) is 24.0 Å². The second kappa shape index (κ2) is 9.26. The van der Waals surface area contributed by atoms with E-state index in [0.29, 0.717) is 18.7 Å². The molecule has 27 heavy (non-hydrogen) atoms. The third kappa shape index (κ3) is 5.61. The van der Waals surface area contributed by atoms with Crippen molar-refractivity contribution in [2.75, 3.05) is 18.4 Å². The van der Waals surface area contributed by atoms with E-state index in [4.69, 9.17) is 0 Å². The van der Waals surface area contributed by atoms with Crippen LogP contribution in [0.1, 0.15) is 53.0 Å². The molecule has 0 aromatic heterocycles. The molecule has 0 radical (unpaired) electrons. The van der Waals surface area contributed by atoms with Gasteiger partial charge in [-0.1, -0.05) is 13.8 Å². The summed E-state index contributed by atoms with van der Waals surface area (Å²) in [7, 11) is 0. The first-order valence-corrected chi connectivity index (χ1v) is 9.02. The zero-order chi connectivity index (χ0) is 20.0. The molecule has 0 aliphatic rings. The van der Waals surface area contributed by atoms with Gasteiger partial charge in [0.1, 0.15) is 11.6 Å². The summed E-state index contributed by atoms with van der Waals surface area (Å²) in [4.78, 5) is 27.1. The van der Waals surface area contributed by atoms with E-state index >= 15 is 0 Å². The maximum absolute atomic E-state index is 13.3. The maximum atomic E-state index is 13.3. The molecule has 0 unspecified atom stereocenters. The van der Waals surface area contributed by atoms with E-state index in [0.717, 1.165) is 36.6 Å². The molecule has 0 spiro atoms. The van der Waals surface area contributed by atoms with Crippen LogP contribution < -0.4 is 5.32 Å². The van der Waals surface area contributed by atoms with E-state index in [1.807, 2.05) is 13.8 Å². The van der Waals surface area contributed by atoms with Crippen molar-refractivity contribution in [3.05, 3.63) is 64.7 Å². The van der Waals surface area contributed by atoms with E-state index in [-0.39, 0.29) is 17.2 Å². The number of anilines is 1. The van der Waals surface area contributed by atoms with Crippen LogP contribution in [-0.4, -0.2) is 29.8 Å². The summed E-state index contributed by atoms with van der Waals surface area (Å²) in [6.45, 7) is 7.08. The molecule has 0 aliphatic heterocycles. The summed E-state index contributed by atoms with van der Waals surface area (Å²) in [5.74, 6) is -2.22. The van der Waals surface area contributed by atoms with Gasteiger partial charge < -0.3 is 10.2 Å². The van der Waals surface area contributed by atoms with E-state index in [1.165, 1.54) is 6.07 Å². The number of carbonyl (C=O) groups excluding carboxylic acids is 2. The average molecular weight is 374 g/mol. The van der Waals surface area contributed by atoms with Gasteiger partial charge in [-0.3, -0.25) is 9.59 Å². The van der Waals surface area contributed by atoms with Gasteiger partial charge >= 0.3 is 0 Å².